The van der Waals surface area contributed by atoms with E-state index in [1.165, 1.54) is 12.7 Å². The zero-order valence-corrected chi connectivity index (χ0v) is 11.4. The van der Waals surface area contributed by atoms with E-state index in [-0.39, 0.29) is 0 Å². The molecule has 0 aliphatic heterocycles. The summed E-state index contributed by atoms with van der Waals surface area (Å²) in [5, 5.41) is 0.633. The zero-order chi connectivity index (χ0) is 13.5. The minimum Gasteiger partial charge on any atom is -0.492 e. The predicted molar refractivity (Wildman–Crippen MR) is 74.7 cm³/mol. The molecule has 0 aliphatic rings. The number of para-hydroxylation sites is 1. The van der Waals surface area contributed by atoms with Gasteiger partial charge in [-0.2, -0.15) is 0 Å². The molecular formula is C13H15ClN4O. The van der Waals surface area contributed by atoms with Crippen LogP contribution in [0.1, 0.15) is 6.42 Å². The molecule has 0 unspecified atom stereocenters. The molecule has 19 heavy (non-hydrogen) atoms. The molecule has 0 fully saturated rings. The van der Waals surface area contributed by atoms with Crippen LogP contribution in [0.25, 0.3) is 0 Å². The minimum absolute atomic E-state index is 0.596. The molecule has 100 valence electrons. The van der Waals surface area contributed by atoms with E-state index in [1.54, 1.807) is 0 Å². The van der Waals surface area contributed by atoms with Gasteiger partial charge in [0.15, 0.2) is 0 Å². The van der Waals surface area contributed by atoms with Crippen LogP contribution in [0.15, 0.2) is 36.9 Å². The fourth-order valence-corrected chi connectivity index (χ4v) is 1.77. The smallest absolute Gasteiger partial charge is 0.228 e. The summed E-state index contributed by atoms with van der Waals surface area (Å²) in [4.78, 5) is 13.9. The second-order valence-corrected chi connectivity index (χ2v) is 4.40. The van der Waals surface area contributed by atoms with Crippen LogP contribution in [-0.2, 0) is 0 Å². The first-order chi connectivity index (χ1) is 9.27. The SMILES string of the molecule is CN(CCCOc1ccccc1Cl)c1ncncn1. The van der Waals surface area contributed by atoms with Crippen molar-refractivity contribution in [1.29, 1.82) is 0 Å². The van der Waals surface area contributed by atoms with Gasteiger partial charge in [0.2, 0.25) is 5.95 Å². The number of halogens is 1. The summed E-state index contributed by atoms with van der Waals surface area (Å²) in [6, 6.07) is 7.45. The molecule has 0 spiro atoms. The molecule has 5 nitrogen and oxygen atoms in total. The first kappa shape index (κ1) is 13.5. The highest BCUT2D eigenvalue weighted by Crippen LogP contribution is 2.23. The van der Waals surface area contributed by atoms with E-state index in [0.29, 0.717) is 23.3 Å². The van der Waals surface area contributed by atoms with Crippen molar-refractivity contribution >= 4 is 17.5 Å². The van der Waals surface area contributed by atoms with Crippen LogP contribution in [-0.4, -0.2) is 35.2 Å². The zero-order valence-electron chi connectivity index (χ0n) is 10.7. The highest BCUT2D eigenvalue weighted by Gasteiger charge is 2.03. The van der Waals surface area contributed by atoms with Gasteiger partial charge in [-0.05, 0) is 18.6 Å². The predicted octanol–water partition coefficient (Wildman–Crippen LogP) is 2.43. The number of nitrogens with zero attached hydrogens (tertiary/aromatic N) is 4. The van der Waals surface area contributed by atoms with Crippen molar-refractivity contribution in [2.45, 2.75) is 6.42 Å². The molecule has 0 bridgehead atoms. The molecule has 0 N–H and O–H groups in total. The van der Waals surface area contributed by atoms with Crippen molar-refractivity contribution in [1.82, 2.24) is 15.0 Å². The molecule has 1 aromatic heterocycles. The Morgan fingerprint density at radius 3 is 2.68 bits per heavy atom. The summed E-state index contributed by atoms with van der Waals surface area (Å²) in [5.74, 6) is 1.37. The monoisotopic (exact) mass is 278 g/mol. The molecule has 0 radical (unpaired) electrons. The molecule has 0 aliphatic carbocycles. The van der Waals surface area contributed by atoms with E-state index >= 15 is 0 Å². The van der Waals surface area contributed by atoms with Crippen LogP contribution >= 0.6 is 11.6 Å². The van der Waals surface area contributed by atoms with Gasteiger partial charge < -0.3 is 9.64 Å². The highest BCUT2D eigenvalue weighted by atomic mass is 35.5. The number of ether oxygens (including phenoxy) is 1. The van der Waals surface area contributed by atoms with Crippen molar-refractivity contribution in [3.8, 4) is 5.75 Å². The Morgan fingerprint density at radius 2 is 1.95 bits per heavy atom. The number of aromatic nitrogens is 3. The van der Waals surface area contributed by atoms with Crippen LogP contribution in [0.5, 0.6) is 5.75 Å². The van der Waals surface area contributed by atoms with Crippen molar-refractivity contribution in [2.75, 3.05) is 25.1 Å². The van der Waals surface area contributed by atoms with Crippen LogP contribution in [0, 0.1) is 0 Å². The lowest BCUT2D eigenvalue weighted by atomic mass is 10.3. The molecule has 0 saturated heterocycles. The van der Waals surface area contributed by atoms with E-state index in [1.807, 2.05) is 36.2 Å². The fraction of sp³-hybridized carbons (Fsp3) is 0.308. The number of rotatable bonds is 6. The van der Waals surface area contributed by atoms with E-state index in [4.69, 9.17) is 16.3 Å². The number of anilines is 1. The summed E-state index contributed by atoms with van der Waals surface area (Å²) in [6.45, 7) is 1.40. The lowest BCUT2D eigenvalue weighted by molar-refractivity contribution is 0.312. The summed E-state index contributed by atoms with van der Waals surface area (Å²) in [6.07, 6.45) is 3.82. The van der Waals surface area contributed by atoms with Gasteiger partial charge in [0.1, 0.15) is 18.4 Å². The van der Waals surface area contributed by atoms with Crippen molar-refractivity contribution in [3.63, 3.8) is 0 Å². The standard InChI is InChI=1S/C13H15ClN4O/c1-18(13-16-9-15-10-17-13)7-4-8-19-12-6-3-2-5-11(12)14/h2-3,5-6,9-10H,4,7-8H2,1H3. The Balaban J connectivity index is 1.74. The Bertz CT molecular complexity index is 509. The van der Waals surface area contributed by atoms with Gasteiger partial charge in [0.25, 0.3) is 0 Å². The maximum atomic E-state index is 6.00. The van der Waals surface area contributed by atoms with E-state index in [0.717, 1.165) is 13.0 Å². The third-order valence-electron chi connectivity index (χ3n) is 2.55. The Hall–Kier alpha value is -1.88. The van der Waals surface area contributed by atoms with Crippen LogP contribution < -0.4 is 9.64 Å². The summed E-state index contributed by atoms with van der Waals surface area (Å²) in [5.41, 5.74) is 0. The molecule has 0 atom stereocenters. The van der Waals surface area contributed by atoms with Crippen LogP contribution in [0.2, 0.25) is 5.02 Å². The van der Waals surface area contributed by atoms with Gasteiger partial charge in [-0.15, -0.1) is 0 Å². The van der Waals surface area contributed by atoms with Gasteiger partial charge in [-0.1, -0.05) is 23.7 Å². The average molecular weight is 279 g/mol. The largest absolute Gasteiger partial charge is 0.492 e. The maximum absolute atomic E-state index is 6.00. The lowest BCUT2D eigenvalue weighted by Crippen LogP contribution is -2.22. The van der Waals surface area contributed by atoms with Crippen molar-refractivity contribution < 1.29 is 4.74 Å². The number of hydrogen-bond acceptors (Lipinski definition) is 5. The molecule has 0 saturated carbocycles. The fourth-order valence-electron chi connectivity index (χ4n) is 1.58. The van der Waals surface area contributed by atoms with Gasteiger partial charge >= 0.3 is 0 Å². The second-order valence-electron chi connectivity index (χ2n) is 3.99. The summed E-state index contributed by atoms with van der Waals surface area (Å²) >= 11 is 6.00. The highest BCUT2D eigenvalue weighted by molar-refractivity contribution is 6.32. The van der Waals surface area contributed by atoms with Crippen molar-refractivity contribution in [3.05, 3.63) is 41.9 Å². The molecule has 2 aromatic rings. The number of benzene rings is 1. The maximum Gasteiger partial charge on any atom is 0.228 e. The van der Waals surface area contributed by atoms with E-state index in [9.17, 15) is 0 Å². The summed E-state index contributed by atoms with van der Waals surface area (Å²) < 4.78 is 5.61. The molecule has 2 rings (SSSR count). The minimum atomic E-state index is 0.596. The van der Waals surface area contributed by atoms with Gasteiger partial charge in [-0.3, -0.25) is 0 Å². The first-order valence-corrected chi connectivity index (χ1v) is 6.35. The van der Waals surface area contributed by atoms with Crippen LogP contribution in [0.3, 0.4) is 0 Å². The normalized spacial score (nSPS) is 10.2. The molecule has 1 aromatic carbocycles. The molecule has 1 heterocycles. The van der Waals surface area contributed by atoms with Gasteiger partial charge in [0.05, 0.1) is 11.6 Å². The lowest BCUT2D eigenvalue weighted by Gasteiger charge is -2.16. The molecule has 6 heteroatoms. The van der Waals surface area contributed by atoms with Gasteiger partial charge in [0, 0.05) is 13.6 Å². The summed E-state index contributed by atoms with van der Waals surface area (Å²) in [7, 11) is 1.94. The average Bonchev–Trinajstić information content (AvgIpc) is 2.46. The Kier molecular flexibility index (Phi) is 4.92. The van der Waals surface area contributed by atoms with E-state index < -0.39 is 0 Å². The molecular weight excluding hydrogens is 264 g/mol. The first-order valence-electron chi connectivity index (χ1n) is 5.98. The quantitative estimate of drug-likeness (QED) is 0.760. The van der Waals surface area contributed by atoms with E-state index in [2.05, 4.69) is 15.0 Å². The second kappa shape index (κ2) is 6.89. The van der Waals surface area contributed by atoms with Gasteiger partial charge in [-0.25, -0.2) is 15.0 Å². The Morgan fingerprint density at radius 1 is 1.21 bits per heavy atom. The third kappa shape index (κ3) is 4.06. The van der Waals surface area contributed by atoms with Crippen LogP contribution in [0.4, 0.5) is 5.95 Å². The molecule has 0 amide bonds. The van der Waals surface area contributed by atoms with Crippen molar-refractivity contribution in [2.24, 2.45) is 0 Å². The Labute approximate surface area is 117 Å². The number of hydrogen-bond donors (Lipinski definition) is 0. The topological polar surface area (TPSA) is 51.1 Å². The third-order valence-corrected chi connectivity index (χ3v) is 2.87.